The summed E-state index contributed by atoms with van der Waals surface area (Å²) in [5.74, 6) is 0.760. The summed E-state index contributed by atoms with van der Waals surface area (Å²) >= 11 is 0. The van der Waals surface area contributed by atoms with Crippen molar-refractivity contribution in [3.8, 4) is 5.75 Å². The third-order valence-electron chi connectivity index (χ3n) is 3.93. The fourth-order valence-electron chi connectivity index (χ4n) is 2.71. The Kier molecular flexibility index (Phi) is 5.09. The number of urea groups is 1. The average Bonchev–Trinajstić information content (AvgIpc) is 3.08. The van der Waals surface area contributed by atoms with E-state index in [9.17, 15) is 4.79 Å². The fourth-order valence-corrected chi connectivity index (χ4v) is 2.71. The average molecular weight is 311 g/mol. The molecule has 2 amide bonds. The first-order chi connectivity index (χ1) is 11.3. The summed E-state index contributed by atoms with van der Waals surface area (Å²) in [4.78, 5) is 16.0. The number of amides is 2. The van der Waals surface area contributed by atoms with Crippen molar-refractivity contribution in [2.45, 2.75) is 38.3 Å². The highest BCUT2D eigenvalue weighted by Crippen LogP contribution is 2.19. The van der Waals surface area contributed by atoms with Crippen molar-refractivity contribution in [3.05, 3.63) is 54.4 Å². The minimum Gasteiger partial charge on any atom is -0.489 e. The van der Waals surface area contributed by atoms with Gasteiger partial charge in [-0.3, -0.25) is 4.98 Å². The Bertz CT molecular complexity index is 622. The fraction of sp³-hybridized carbons (Fsp3) is 0.333. The summed E-state index contributed by atoms with van der Waals surface area (Å²) in [5, 5.41) is 5.85. The van der Waals surface area contributed by atoms with Crippen LogP contribution in [0.3, 0.4) is 0 Å². The van der Waals surface area contributed by atoms with Crippen LogP contribution >= 0.6 is 0 Å². The van der Waals surface area contributed by atoms with Crippen molar-refractivity contribution in [3.63, 3.8) is 0 Å². The van der Waals surface area contributed by atoms with E-state index in [0.29, 0.717) is 12.6 Å². The first-order valence-electron chi connectivity index (χ1n) is 7.99. The molecule has 5 nitrogen and oxygen atoms in total. The molecule has 5 heteroatoms. The molecular formula is C18H21N3O2. The van der Waals surface area contributed by atoms with Gasteiger partial charge >= 0.3 is 6.03 Å². The molecule has 1 aliphatic carbocycles. The molecule has 0 aliphatic heterocycles. The van der Waals surface area contributed by atoms with Gasteiger partial charge in [0.15, 0.2) is 0 Å². The molecule has 1 aliphatic rings. The molecule has 1 heterocycles. The van der Waals surface area contributed by atoms with E-state index in [-0.39, 0.29) is 6.03 Å². The zero-order chi connectivity index (χ0) is 15.9. The number of anilines is 1. The van der Waals surface area contributed by atoms with E-state index < -0.39 is 0 Å². The van der Waals surface area contributed by atoms with Crippen LogP contribution in [0.25, 0.3) is 0 Å². The molecule has 0 saturated heterocycles. The van der Waals surface area contributed by atoms with Crippen LogP contribution in [0.1, 0.15) is 31.2 Å². The van der Waals surface area contributed by atoms with Gasteiger partial charge in [-0.2, -0.15) is 0 Å². The first kappa shape index (κ1) is 15.3. The molecule has 0 unspecified atom stereocenters. The van der Waals surface area contributed by atoms with Crippen LogP contribution < -0.4 is 15.4 Å². The Labute approximate surface area is 136 Å². The predicted molar refractivity (Wildman–Crippen MR) is 89.4 cm³/mol. The van der Waals surface area contributed by atoms with Gasteiger partial charge in [0.25, 0.3) is 0 Å². The Morgan fingerprint density at radius 3 is 2.65 bits per heavy atom. The van der Waals surface area contributed by atoms with Crippen molar-refractivity contribution in [2.75, 3.05) is 5.32 Å². The number of ether oxygens (including phenoxy) is 1. The van der Waals surface area contributed by atoms with Crippen molar-refractivity contribution < 1.29 is 9.53 Å². The normalized spacial score (nSPS) is 14.4. The molecule has 1 aromatic carbocycles. The van der Waals surface area contributed by atoms with Crippen LogP contribution in [0.2, 0.25) is 0 Å². The van der Waals surface area contributed by atoms with E-state index in [2.05, 4.69) is 15.6 Å². The number of benzene rings is 1. The molecule has 0 radical (unpaired) electrons. The maximum absolute atomic E-state index is 11.9. The molecule has 2 N–H and O–H groups in total. The van der Waals surface area contributed by atoms with Crippen LogP contribution in [0, 0.1) is 0 Å². The van der Waals surface area contributed by atoms with E-state index in [1.54, 1.807) is 12.4 Å². The van der Waals surface area contributed by atoms with Gasteiger partial charge in [-0.05, 0) is 43.2 Å². The molecule has 2 aromatic rings. The predicted octanol–water partition coefficient (Wildman–Crippen LogP) is 3.72. The minimum absolute atomic E-state index is 0.138. The van der Waals surface area contributed by atoms with Gasteiger partial charge in [0.2, 0.25) is 0 Å². The van der Waals surface area contributed by atoms with Crippen LogP contribution in [-0.2, 0) is 6.61 Å². The number of rotatable bonds is 5. The van der Waals surface area contributed by atoms with Gasteiger partial charge in [0.1, 0.15) is 12.4 Å². The minimum atomic E-state index is -0.138. The lowest BCUT2D eigenvalue weighted by Crippen LogP contribution is -2.36. The monoisotopic (exact) mass is 311 g/mol. The molecule has 1 fully saturated rings. The molecule has 3 rings (SSSR count). The standard InChI is InChI=1S/C18H21N3O2/c22-18(20-15-5-1-2-6-15)21-16-7-9-17(10-8-16)23-13-14-4-3-11-19-12-14/h3-4,7-12,15H,1-2,5-6,13H2,(H2,20,21,22). The smallest absolute Gasteiger partial charge is 0.319 e. The van der Waals surface area contributed by atoms with Gasteiger partial charge in [0.05, 0.1) is 0 Å². The van der Waals surface area contributed by atoms with Crippen LogP contribution in [0.5, 0.6) is 5.75 Å². The van der Waals surface area contributed by atoms with E-state index in [4.69, 9.17) is 4.74 Å². The number of carbonyl (C=O) groups excluding carboxylic acids is 1. The van der Waals surface area contributed by atoms with Gasteiger partial charge in [-0.25, -0.2) is 4.79 Å². The maximum atomic E-state index is 11.9. The van der Waals surface area contributed by atoms with Gasteiger partial charge in [0, 0.05) is 29.7 Å². The number of hydrogen-bond donors (Lipinski definition) is 2. The molecule has 120 valence electrons. The van der Waals surface area contributed by atoms with Gasteiger partial charge < -0.3 is 15.4 Å². The number of nitrogens with zero attached hydrogens (tertiary/aromatic N) is 1. The molecular weight excluding hydrogens is 290 g/mol. The third-order valence-corrected chi connectivity index (χ3v) is 3.93. The van der Waals surface area contributed by atoms with Crippen LogP contribution in [-0.4, -0.2) is 17.1 Å². The summed E-state index contributed by atoms with van der Waals surface area (Å²) < 4.78 is 5.69. The Hall–Kier alpha value is -2.56. The molecule has 0 spiro atoms. The largest absolute Gasteiger partial charge is 0.489 e. The lowest BCUT2D eigenvalue weighted by atomic mass is 10.2. The van der Waals surface area contributed by atoms with Crippen molar-refractivity contribution in [1.82, 2.24) is 10.3 Å². The SMILES string of the molecule is O=C(Nc1ccc(OCc2cccnc2)cc1)NC1CCCC1. The maximum Gasteiger partial charge on any atom is 0.319 e. The Morgan fingerprint density at radius 2 is 1.96 bits per heavy atom. The van der Waals surface area contributed by atoms with E-state index in [1.807, 2.05) is 36.4 Å². The zero-order valence-corrected chi connectivity index (χ0v) is 13.0. The van der Waals surface area contributed by atoms with Crippen molar-refractivity contribution >= 4 is 11.7 Å². The number of nitrogens with one attached hydrogen (secondary N) is 2. The Morgan fingerprint density at radius 1 is 1.17 bits per heavy atom. The molecule has 0 bridgehead atoms. The quantitative estimate of drug-likeness (QED) is 0.884. The second-order valence-corrected chi connectivity index (χ2v) is 5.75. The van der Waals surface area contributed by atoms with Gasteiger partial charge in [-0.1, -0.05) is 18.9 Å². The zero-order valence-electron chi connectivity index (χ0n) is 13.0. The number of pyridine rings is 1. The van der Waals surface area contributed by atoms with Crippen molar-refractivity contribution in [2.24, 2.45) is 0 Å². The highest BCUT2D eigenvalue weighted by atomic mass is 16.5. The molecule has 0 atom stereocenters. The number of aromatic nitrogens is 1. The summed E-state index contributed by atoms with van der Waals surface area (Å²) in [6.45, 7) is 0.475. The second kappa shape index (κ2) is 7.63. The van der Waals surface area contributed by atoms with Crippen molar-refractivity contribution in [1.29, 1.82) is 0 Å². The van der Waals surface area contributed by atoms with Gasteiger partial charge in [-0.15, -0.1) is 0 Å². The topological polar surface area (TPSA) is 63.2 Å². The summed E-state index contributed by atoms with van der Waals surface area (Å²) in [6.07, 6.45) is 8.08. The molecule has 23 heavy (non-hydrogen) atoms. The van der Waals surface area contributed by atoms with Crippen LogP contribution in [0.4, 0.5) is 10.5 Å². The summed E-state index contributed by atoms with van der Waals surface area (Å²) in [5.41, 5.74) is 1.78. The van der Waals surface area contributed by atoms with E-state index in [0.717, 1.165) is 29.8 Å². The first-order valence-corrected chi connectivity index (χ1v) is 7.99. The number of carbonyl (C=O) groups is 1. The second-order valence-electron chi connectivity index (χ2n) is 5.75. The lowest BCUT2D eigenvalue weighted by Gasteiger charge is -2.13. The van der Waals surface area contributed by atoms with Crippen LogP contribution in [0.15, 0.2) is 48.8 Å². The Balaban J connectivity index is 1.47. The highest BCUT2D eigenvalue weighted by Gasteiger charge is 2.16. The number of hydrogen-bond acceptors (Lipinski definition) is 3. The summed E-state index contributed by atoms with van der Waals surface area (Å²) in [6, 6.07) is 11.4. The lowest BCUT2D eigenvalue weighted by molar-refractivity contribution is 0.248. The summed E-state index contributed by atoms with van der Waals surface area (Å²) in [7, 11) is 0. The van der Waals surface area contributed by atoms with E-state index in [1.165, 1.54) is 12.8 Å². The molecule has 1 aromatic heterocycles. The molecule has 1 saturated carbocycles. The highest BCUT2D eigenvalue weighted by molar-refractivity contribution is 5.89. The third kappa shape index (κ3) is 4.71. The van der Waals surface area contributed by atoms with E-state index >= 15 is 0 Å².